The van der Waals surface area contributed by atoms with Gasteiger partial charge in [0.15, 0.2) is 0 Å². The minimum absolute atomic E-state index is 0.114. The maximum atomic E-state index is 12.0. The summed E-state index contributed by atoms with van der Waals surface area (Å²) in [5, 5.41) is 6.73. The van der Waals surface area contributed by atoms with E-state index in [2.05, 4.69) is 21.9 Å². The van der Waals surface area contributed by atoms with Crippen LogP contribution in [-0.2, 0) is 14.5 Å². The molecule has 3 atom stereocenters. The third kappa shape index (κ3) is 3.82. The fourth-order valence-electron chi connectivity index (χ4n) is 3.97. The van der Waals surface area contributed by atoms with Crippen LogP contribution in [0.4, 0.5) is 0 Å². The molecule has 0 aliphatic heterocycles. The van der Waals surface area contributed by atoms with Crippen LogP contribution in [-0.4, -0.2) is 25.8 Å². The molecule has 140 valence electrons. The summed E-state index contributed by atoms with van der Waals surface area (Å²) < 4.78 is 12.0. The van der Waals surface area contributed by atoms with E-state index in [-0.39, 0.29) is 5.92 Å². The van der Waals surface area contributed by atoms with Crippen molar-refractivity contribution in [2.75, 3.05) is 0 Å². The molecular weight excluding hydrogens is 358 g/mol. The number of carbonyl (C=O) groups excluding carboxylic acids is 1. The van der Waals surface area contributed by atoms with Crippen LogP contribution in [0.5, 0.6) is 0 Å². The smallest absolute Gasteiger partial charge is 0.137 e. The molecule has 1 aromatic carbocycles. The lowest BCUT2D eigenvalue weighted by atomic mass is 9.85. The van der Waals surface area contributed by atoms with Gasteiger partial charge in [0.1, 0.15) is 11.4 Å². The number of nitrogens with two attached hydrogens (primary N) is 1. The van der Waals surface area contributed by atoms with E-state index in [4.69, 9.17) is 5.14 Å². The molecule has 4 rings (SSSR count). The van der Waals surface area contributed by atoms with E-state index >= 15 is 0 Å². The van der Waals surface area contributed by atoms with Gasteiger partial charge in [-0.3, -0.25) is 9.93 Å². The number of Topliss-reactive ketones (excluding diaryl/α,β-unsaturated/α-hetero) is 1. The van der Waals surface area contributed by atoms with Crippen molar-refractivity contribution in [2.24, 2.45) is 11.1 Å². The van der Waals surface area contributed by atoms with Crippen LogP contribution in [0.25, 0.3) is 11.0 Å². The number of aromatic nitrogens is 2. The maximum Gasteiger partial charge on any atom is 0.137 e. The molecule has 6 heteroatoms. The van der Waals surface area contributed by atoms with Gasteiger partial charge in [-0.1, -0.05) is 12.1 Å². The highest BCUT2D eigenvalue weighted by molar-refractivity contribution is 7.98. The first-order chi connectivity index (χ1) is 12.9. The van der Waals surface area contributed by atoms with Gasteiger partial charge in [0.05, 0.1) is 9.71 Å². The van der Waals surface area contributed by atoms with Crippen molar-refractivity contribution in [3.8, 4) is 0 Å². The Labute approximate surface area is 159 Å². The SMILES string of the molecule is C=S(N)(=O)c1ccc(C(CC2CCC(=O)C2)c2cc3cccnc3[nH]2)cc1. The summed E-state index contributed by atoms with van der Waals surface area (Å²) in [7, 11) is -2.72. The lowest BCUT2D eigenvalue weighted by Crippen LogP contribution is -2.12. The van der Waals surface area contributed by atoms with E-state index in [9.17, 15) is 9.00 Å². The normalized spacial score (nSPS) is 20.6. The number of hydrogen-bond donors (Lipinski definition) is 2. The fourth-order valence-corrected chi connectivity index (χ4v) is 4.56. The van der Waals surface area contributed by atoms with Crippen LogP contribution >= 0.6 is 0 Å². The van der Waals surface area contributed by atoms with Gasteiger partial charge in [0, 0.05) is 40.9 Å². The Morgan fingerprint density at radius 3 is 2.70 bits per heavy atom. The van der Waals surface area contributed by atoms with Gasteiger partial charge < -0.3 is 4.98 Å². The predicted molar refractivity (Wildman–Crippen MR) is 109 cm³/mol. The zero-order valence-corrected chi connectivity index (χ0v) is 15.9. The zero-order valence-electron chi connectivity index (χ0n) is 15.1. The Morgan fingerprint density at radius 2 is 2.07 bits per heavy atom. The van der Waals surface area contributed by atoms with Gasteiger partial charge in [-0.25, -0.2) is 9.19 Å². The van der Waals surface area contributed by atoms with Crippen molar-refractivity contribution in [2.45, 2.75) is 36.5 Å². The quantitative estimate of drug-likeness (QED) is 0.664. The Balaban J connectivity index is 1.72. The van der Waals surface area contributed by atoms with E-state index in [0.29, 0.717) is 29.4 Å². The van der Waals surface area contributed by atoms with Crippen LogP contribution in [0.1, 0.15) is 42.9 Å². The van der Waals surface area contributed by atoms with Crippen LogP contribution in [0.15, 0.2) is 53.6 Å². The molecule has 0 amide bonds. The topological polar surface area (TPSA) is 88.8 Å². The Bertz CT molecular complexity index is 1050. The van der Waals surface area contributed by atoms with Crippen molar-refractivity contribution in [3.05, 3.63) is 59.9 Å². The number of aromatic amines is 1. The number of nitrogens with one attached hydrogen (secondary N) is 1. The molecule has 3 unspecified atom stereocenters. The van der Waals surface area contributed by atoms with Crippen LogP contribution < -0.4 is 5.14 Å². The predicted octanol–water partition coefficient (Wildman–Crippen LogP) is 3.40. The number of nitrogens with zero attached hydrogens (tertiary/aromatic N) is 1. The molecule has 0 spiro atoms. The highest BCUT2D eigenvalue weighted by Gasteiger charge is 2.27. The first-order valence-corrected chi connectivity index (χ1v) is 10.9. The second-order valence-electron chi connectivity index (χ2n) is 7.40. The number of fused-ring (bicyclic) bond motifs is 1. The summed E-state index contributed by atoms with van der Waals surface area (Å²) in [5.41, 5.74) is 3.05. The molecule has 1 aliphatic carbocycles. The molecule has 0 radical (unpaired) electrons. The average Bonchev–Trinajstić information content (AvgIpc) is 3.24. The summed E-state index contributed by atoms with van der Waals surface area (Å²) in [6.07, 6.45) is 4.94. The zero-order chi connectivity index (χ0) is 19.0. The molecule has 5 nitrogen and oxygen atoms in total. The van der Waals surface area contributed by atoms with Gasteiger partial charge in [-0.15, -0.1) is 0 Å². The average molecular weight is 382 g/mol. The lowest BCUT2D eigenvalue weighted by molar-refractivity contribution is -0.117. The summed E-state index contributed by atoms with van der Waals surface area (Å²) in [5.74, 6) is 4.40. The second-order valence-corrected chi connectivity index (χ2v) is 9.32. The minimum atomic E-state index is -2.72. The molecule has 0 saturated heterocycles. The van der Waals surface area contributed by atoms with E-state index in [1.54, 1.807) is 18.3 Å². The van der Waals surface area contributed by atoms with Gasteiger partial charge >= 0.3 is 0 Å². The van der Waals surface area contributed by atoms with E-state index < -0.39 is 9.71 Å². The van der Waals surface area contributed by atoms with Crippen molar-refractivity contribution in [3.63, 3.8) is 0 Å². The van der Waals surface area contributed by atoms with Crippen molar-refractivity contribution in [1.82, 2.24) is 9.97 Å². The summed E-state index contributed by atoms with van der Waals surface area (Å²) >= 11 is 0. The summed E-state index contributed by atoms with van der Waals surface area (Å²) in [6.45, 7) is 0. The molecule has 2 aromatic heterocycles. The first-order valence-electron chi connectivity index (χ1n) is 9.10. The monoisotopic (exact) mass is 381 g/mol. The number of carbonyl (C=O) groups is 1. The minimum Gasteiger partial charge on any atom is -0.343 e. The molecular formula is C21H23N3O2S. The second kappa shape index (κ2) is 6.94. The lowest BCUT2D eigenvalue weighted by Gasteiger charge is -2.20. The third-order valence-electron chi connectivity index (χ3n) is 5.39. The van der Waals surface area contributed by atoms with Crippen LogP contribution in [0.3, 0.4) is 0 Å². The number of rotatable bonds is 5. The van der Waals surface area contributed by atoms with Crippen molar-refractivity contribution < 1.29 is 9.00 Å². The standard InChI is InChI=1S/C21H23N3O2S/c1-27(22,26)18-8-5-15(6-9-18)19(12-14-4-7-17(25)11-14)20-13-16-3-2-10-23-21(16)24-20/h2-3,5-6,8-10,13-14,19H,1,4,7,11-12H2,(H2,22,26)(H,23,24). The number of pyridine rings is 1. The van der Waals surface area contributed by atoms with Crippen molar-refractivity contribution in [1.29, 1.82) is 0 Å². The van der Waals surface area contributed by atoms with Crippen LogP contribution in [0, 0.1) is 5.92 Å². The Hall–Kier alpha value is -2.44. The number of ketones is 1. The van der Waals surface area contributed by atoms with E-state index in [1.165, 1.54) is 0 Å². The van der Waals surface area contributed by atoms with Gasteiger partial charge in [0.25, 0.3) is 0 Å². The fraction of sp³-hybridized carbons (Fsp3) is 0.286. The number of benzene rings is 1. The summed E-state index contributed by atoms with van der Waals surface area (Å²) in [4.78, 5) is 20.1. The molecule has 1 aliphatic rings. The molecule has 1 fully saturated rings. The molecule has 3 N–H and O–H groups in total. The molecule has 1 saturated carbocycles. The molecule has 2 heterocycles. The maximum absolute atomic E-state index is 12.0. The largest absolute Gasteiger partial charge is 0.343 e. The first kappa shape index (κ1) is 17.9. The van der Waals surface area contributed by atoms with E-state index in [1.807, 2.05) is 24.3 Å². The van der Waals surface area contributed by atoms with Gasteiger partial charge in [0.2, 0.25) is 0 Å². The molecule has 0 bridgehead atoms. The highest BCUT2D eigenvalue weighted by atomic mass is 32.2. The highest BCUT2D eigenvalue weighted by Crippen LogP contribution is 2.37. The number of hydrogen-bond acceptors (Lipinski definition) is 3. The van der Waals surface area contributed by atoms with Gasteiger partial charge in [-0.05, 0) is 60.5 Å². The molecule has 27 heavy (non-hydrogen) atoms. The Morgan fingerprint density at radius 1 is 1.30 bits per heavy atom. The van der Waals surface area contributed by atoms with Crippen LogP contribution in [0.2, 0.25) is 0 Å². The molecule has 3 aromatic rings. The van der Waals surface area contributed by atoms with Crippen molar-refractivity contribution >= 4 is 32.4 Å². The van der Waals surface area contributed by atoms with Gasteiger partial charge in [-0.2, -0.15) is 0 Å². The summed E-state index contributed by atoms with van der Waals surface area (Å²) in [6, 6.07) is 13.6. The number of H-pyrrole nitrogens is 1. The van der Waals surface area contributed by atoms with E-state index in [0.717, 1.165) is 35.1 Å². The third-order valence-corrected chi connectivity index (χ3v) is 6.46. The Kier molecular flexibility index (Phi) is 4.61.